The van der Waals surface area contributed by atoms with Crippen molar-refractivity contribution in [3.8, 4) is 5.69 Å². The van der Waals surface area contributed by atoms with Crippen molar-refractivity contribution in [1.82, 2.24) is 14.7 Å². The van der Waals surface area contributed by atoms with Gasteiger partial charge in [0, 0.05) is 36.4 Å². The van der Waals surface area contributed by atoms with E-state index in [1.165, 1.54) is 12.1 Å². The zero-order valence-electron chi connectivity index (χ0n) is 13.1. The van der Waals surface area contributed by atoms with E-state index in [4.69, 9.17) is 4.74 Å². The summed E-state index contributed by atoms with van der Waals surface area (Å²) in [5, 5.41) is 4.74. The molecule has 2 aliphatic rings. The van der Waals surface area contributed by atoms with Crippen molar-refractivity contribution in [3.05, 3.63) is 48.0 Å². The first-order valence-corrected chi connectivity index (χ1v) is 9.09. The normalized spacial score (nSPS) is 23.8. The summed E-state index contributed by atoms with van der Waals surface area (Å²) in [5.41, 5.74) is 1.16. The van der Waals surface area contributed by atoms with Crippen LogP contribution in [0.5, 0.6) is 0 Å². The summed E-state index contributed by atoms with van der Waals surface area (Å²) >= 11 is 1.89. The van der Waals surface area contributed by atoms with E-state index in [2.05, 4.69) is 5.10 Å². The van der Waals surface area contributed by atoms with Crippen LogP contribution in [0.4, 0.5) is 4.39 Å². The lowest BCUT2D eigenvalue weighted by Crippen LogP contribution is -2.54. The zero-order chi connectivity index (χ0) is 16.5. The molecular formula is C17H18FN3O2S. The highest BCUT2D eigenvalue weighted by atomic mass is 32.2. The van der Waals surface area contributed by atoms with Crippen LogP contribution in [0.1, 0.15) is 16.9 Å². The molecule has 126 valence electrons. The molecule has 3 heterocycles. The molecule has 0 radical (unpaired) electrons. The second-order valence-corrected chi connectivity index (χ2v) is 7.31. The number of hydrogen-bond donors (Lipinski definition) is 0. The van der Waals surface area contributed by atoms with E-state index in [1.54, 1.807) is 29.1 Å². The number of benzene rings is 1. The van der Waals surface area contributed by atoms with Gasteiger partial charge in [-0.1, -0.05) is 0 Å². The minimum Gasteiger partial charge on any atom is -0.380 e. The van der Waals surface area contributed by atoms with Gasteiger partial charge in [0.25, 0.3) is 5.91 Å². The highest BCUT2D eigenvalue weighted by Crippen LogP contribution is 2.31. The molecule has 1 amide bonds. The molecule has 24 heavy (non-hydrogen) atoms. The SMILES string of the molecule is O=C(c1ccn(-c2ccc(F)cc2)n1)N1CCS[C@@H]2COCC[C@@H]21. The molecule has 0 bridgehead atoms. The Bertz CT molecular complexity index is 732. The number of amides is 1. The van der Waals surface area contributed by atoms with Gasteiger partial charge in [-0.15, -0.1) is 0 Å². The molecular weight excluding hydrogens is 329 g/mol. The number of aromatic nitrogens is 2. The van der Waals surface area contributed by atoms with Gasteiger partial charge >= 0.3 is 0 Å². The van der Waals surface area contributed by atoms with E-state index in [-0.39, 0.29) is 17.8 Å². The maximum Gasteiger partial charge on any atom is 0.274 e. The monoisotopic (exact) mass is 347 g/mol. The summed E-state index contributed by atoms with van der Waals surface area (Å²) in [6, 6.07) is 7.99. The van der Waals surface area contributed by atoms with Crippen LogP contribution in [0.25, 0.3) is 5.69 Å². The van der Waals surface area contributed by atoms with Crippen LogP contribution in [0.3, 0.4) is 0 Å². The first-order valence-electron chi connectivity index (χ1n) is 8.04. The molecule has 4 rings (SSSR count). The van der Waals surface area contributed by atoms with Gasteiger partial charge in [0.05, 0.1) is 12.3 Å². The second kappa shape index (κ2) is 6.57. The fourth-order valence-electron chi connectivity index (χ4n) is 3.26. The number of hydrogen-bond acceptors (Lipinski definition) is 4. The van der Waals surface area contributed by atoms with Crippen LogP contribution < -0.4 is 0 Å². The lowest BCUT2D eigenvalue weighted by molar-refractivity contribution is 0.0315. The van der Waals surface area contributed by atoms with Crippen molar-refractivity contribution in [1.29, 1.82) is 0 Å². The first kappa shape index (κ1) is 15.7. The largest absolute Gasteiger partial charge is 0.380 e. The molecule has 2 saturated heterocycles. The smallest absolute Gasteiger partial charge is 0.274 e. The maximum absolute atomic E-state index is 13.0. The van der Waals surface area contributed by atoms with Crippen LogP contribution in [-0.2, 0) is 4.74 Å². The van der Waals surface area contributed by atoms with Gasteiger partial charge in [0.2, 0.25) is 0 Å². The van der Waals surface area contributed by atoms with Crippen LogP contribution in [0.15, 0.2) is 36.5 Å². The molecule has 0 N–H and O–H groups in total. The number of thioether (sulfide) groups is 1. The Labute approximate surface area is 143 Å². The molecule has 2 aromatic rings. The molecule has 0 spiro atoms. The standard InChI is InChI=1S/C17H18FN3O2S/c18-12-1-3-13(4-2-12)21-7-5-14(19-21)17(22)20-8-10-24-16-11-23-9-6-15(16)20/h1-5,7,15-16H,6,8-11H2/t15-,16+/m0/s1. The second-order valence-electron chi connectivity index (χ2n) is 5.96. The fourth-order valence-corrected chi connectivity index (χ4v) is 4.56. The number of carbonyl (C=O) groups is 1. The number of nitrogens with zero attached hydrogens (tertiary/aromatic N) is 3. The van der Waals surface area contributed by atoms with Gasteiger partial charge in [-0.25, -0.2) is 9.07 Å². The Hall–Kier alpha value is -1.86. The minimum atomic E-state index is -0.293. The third kappa shape index (κ3) is 2.93. The molecule has 2 fully saturated rings. The van der Waals surface area contributed by atoms with Crippen LogP contribution in [0.2, 0.25) is 0 Å². The van der Waals surface area contributed by atoms with Gasteiger partial charge in [0.1, 0.15) is 5.82 Å². The third-order valence-corrected chi connectivity index (χ3v) is 5.79. The molecule has 1 aromatic heterocycles. The van der Waals surface area contributed by atoms with E-state index in [1.807, 2.05) is 16.7 Å². The van der Waals surface area contributed by atoms with Gasteiger partial charge in [-0.2, -0.15) is 16.9 Å². The van der Waals surface area contributed by atoms with E-state index in [0.29, 0.717) is 24.2 Å². The minimum absolute atomic E-state index is 0.0342. The Morgan fingerprint density at radius 2 is 2.12 bits per heavy atom. The van der Waals surface area contributed by atoms with Crippen LogP contribution in [0, 0.1) is 5.82 Å². The van der Waals surface area contributed by atoms with Crippen molar-refractivity contribution >= 4 is 17.7 Å². The lowest BCUT2D eigenvalue weighted by atomic mass is 10.1. The fraction of sp³-hybridized carbons (Fsp3) is 0.412. The van der Waals surface area contributed by atoms with Crippen molar-refractivity contribution in [2.45, 2.75) is 17.7 Å². The van der Waals surface area contributed by atoms with Crippen LogP contribution in [-0.4, -0.2) is 57.4 Å². The molecule has 0 aliphatic carbocycles. The molecule has 5 nitrogen and oxygen atoms in total. The van der Waals surface area contributed by atoms with E-state index in [9.17, 15) is 9.18 Å². The van der Waals surface area contributed by atoms with E-state index < -0.39 is 0 Å². The van der Waals surface area contributed by atoms with Crippen molar-refractivity contribution in [3.63, 3.8) is 0 Å². The van der Waals surface area contributed by atoms with Gasteiger partial charge in [-0.3, -0.25) is 4.79 Å². The number of carbonyl (C=O) groups excluding carboxylic acids is 1. The van der Waals surface area contributed by atoms with Crippen molar-refractivity contribution in [2.24, 2.45) is 0 Å². The number of halogens is 1. The molecule has 7 heteroatoms. The van der Waals surface area contributed by atoms with Crippen molar-refractivity contribution < 1.29 is 13.9 Å². The molecule has 0 saturated carbocycles. The first-order chi connectivity index (χ1) is 11.7. The molecule has 2 atom stereocenters. The Balaban J connectivity index is 1.55. The van der Waals surface area contributed by atoms with E-state index in [0.717, 1.165) is 24.4 Å². The zero-order valence-corrected chi connectivity index (χ0v) is 13.9. The maximum atomic E-state index is 13.0. The predicted molar refractivity (Wildman–Crippen MR) is 90.0 cm³/mol. The predicted octanol–water partition coefficient (Wildman–Crippen LogP) is 2.36. The van der Waals surface area contributed by atoms with E-state index >= 15 is 0 Å². The Morgan fingerprint density at radius 3 is 2.96 bits per heavy atom. The quantitative estimate of drug-likeness (QED) is 0.837. The summed E-state index contributed by atoms with van der Waals surface area (Å²) < 4.78 is 20.2. The van der Waals surface area contributed by atoms with Gasteiger partial charge < -0.3 is 9.64 Å². The number of fused-ring (bicyclic) bond motifs is 1. The highest BCUT2D eigenvalue weighted by molar-refractivity contribution is 8.00. The summed E-state index contributed by atoms with van der Waals surface area (Å²) in [4.78, 5) is 14.8. The van der Waals surface area contributed by atoms with Gasteiger partial charge in [0.15, 0.2) is 5.69 Å². The summed E-state index contributed by atoms with van der Waals surface area (Å²) in [6.07, 6.45) is 2.61. The lowest BCUT2D eigenvalue weighted by Gasteiger charge is -2.43. The number of ether oxygens (including phenoxy) is 1. The average molecular weight is 347 g/mol. The molecule has 2 aliphatic heterocycles. The van der Waals surface area contributed by atoms with Gasteiger partial charge in [-0.05, 0) is 36.8 Å². The average Bonchev–Trinajstić information content (AvgIpc) is 3.11. The third-order valence-electron chi connectivity index (χ3n) is 4.49. The molecule has 1 aromatic carbocycles. The summed E-state index contributed by atoms with van der Waals surface area (Å²) in [7, 11) is 0. The Morgan fingerprint density at radius 1 is 1.29 bits per heavy atom. The highest BCUT2D eigenvalue weighted by Gasteiger charge is 2.37. The van der Waals surface area contributed by atoms with Crippen LogP contribution >= 0.6 is 11.8 Å². The Kier molecular flexibility index (Phi) is 4.28. The number of rotatable bonds is 2. The van der Waals surface area contributed by atoms with Crippen molar-refractivity contribution in [2.75, 3.05) is 25.5 Å². The summed E-state index contributed by atoms with van der Waals surface area (Å²) in [6.45, 7) is 2.16. The topological polar surface area (TPSA) is 47.4 Å². The summed E-state index contributed by atoms with van der Waals surface area (Å²) in [5.74, 6) is 0.598. The molecule has 0 unspecified atom stereocenters.